The first-order chi connectivity index (χ1) is 3.68. The van der Waals surface area contributed by atoms with E-state index in [1.54, 1.807) is 0 Å². The molecule has 8 heavy (non-hydrogen) atoms. The van der Waals surface area contributed by atoms with Crippen LogP contribution in [-0.4, -0.2) is 31.9 Å². The molecule has 1 N–H and O–H groups in total. The molecule has 0 saturated heterocycles. The van der Waals surface area contributed by atoms with E-state index in [2.05, 4.69) is 16.0 Å². The summed E-state index contributed by atoms with van der Waals surface area (Å²) in [6.07, 6.45) is 0.625. The van der Waals surface area contributed by atoms with Crippen molar-refractivity contribution >= 4 is 20.7 Å². The number of hydrogen-bond acceptors (Lipinski definition) is 2. The molecular weight excluding hydrogens is 171 g/mol. The second-order valence-corrected chi connectivity index (χ2v) is 2.47. The van der Waals surface area contributed by atoms with Crippen molar-refractivity contribution in [1.29, 1.82) is 0 Å². The van der Waals surface area contributed by atoms with Gasteiger partial charge in [0.2, 0.25) is 0 Å². The van der Waals surface area contributed by atoms with Gasteiger partial charge in [-0.15, -0.1) is 0 Å². The predicted octanol–water partition coefficient (Wildman–Crippen LogP) is -0.158. The van der Waals surface area contributed by atoms with Crippen molar-refractivity contribution in [3.8, 4) is 0 Å². The minimum absolute atomic E-state index is 0.258. The van der Waals surface area contributed by atoms with Crippen LogP contribution in [0.15, 0.2) is 0 Å². The molecular formula is C5H9O2Se-. The molecule has 0 fully saturated rings. The fraction of sp³-hybridized carbons (Fsp3) is 0.800. The van der Waals surface area contributed by atoms with E-state index in [1.807, 2.05) is 6.92 Å². The van der Waals surface area contributed by atoms with Crippen LogP contribution in [0.2, 0.25) is 0 Å². The standard InChI is InChI=1S/C5H10O2Se/c1-2-3-4(6)5(7)8/h4,6H,2-3H2,1H3,(H,7,8)/p-1. The van der Waals surface area contributed by atoms with Gasteiger partial charge in [-0.1, -0.05) is 0 Å². The SMILES string of the molecule is CCCC(O)C(=O)[Se-]. The van der Waals surface area contributed by atoms with Crippen LogP contribution in [0.4, 0.5) is 0 Å². The van der Waals surface area contributed by atoms with Gasteiger partial charge in [-0.3, -0.25) is 0 Å². The molecule has 0 aromatic heterocycles. The molecule has 0 bridgehead atoms. The van der Waals surface area contributed by atoms with Crippen molar-refractivity contribution in [2.45, 2.75) is 25.9 Å². The Morgan fingerprint density at radius 3 is 2.50 bits per heavy atom. The summed E-state index contributed by atoms with van der Waals surface area (Å²) in [5.41, 5.74) is 0. The van der Waals surface area contributed by atoms with E-state index in [0.29, 0.717) is 6.42 Å². The Labute approximate surface area is 57.1 Å². The molecule has 0 aromatic rings. The van der Waals surface area contributed by atoms with Gasteiger partial charge >= 0.3 is 56.5 Å². The van der Waals surface area contributed by atoms with Crippen LogP contribution in [0.25, 0.3) is 0 Å². The molecule has 3 heteroatoms. The summed E-state index contributed by atoms with van der Waals surface area (Å²) in [6, 6.07) is 0. The third-order valence-corrected chi connectivity index (χ3v) is 1.41. The van der Waals surface area contributed by atoms with Gasteiger partial charge in [0.1, 0.15) is 0 Å². The summed E-state index contributed by atoms with van der Waals surface area (Å²) in [5.74, 6) is 0. The van der Waals surface area contributed by atoms with Crippen LogP contribution in [0.3, 0.4) is 0 Å². The number of aliphatic hydroxyl groups excluding tert-OH is 1. The molecule has 0 spiro atoms. The zero-order valence-corrected chi connectivity index (χ0v) is 6.47. The van der Waals surface area contributed by atoms with Crippen molar-refractivity contribution in [2.24, 2.45) is 0 Å². The Morgan fingerprint density at radius 2 is 2.38 bits per heavy atom. The van der Waals surface area contributed by atoms with Crippen molar-refractivity contribution in [1.82, 2.24) is 0 Å². The normalized spacial score (nSPS) is 13.2. The fourth-order valence-corrected chi connectivity index (χ4v) is 0.639. The third-order valence-electron chi connectivity index (χ3n) is 0.834. The molecule has 48 valence electrons. The van der Waals surface area contributed by atoms with Gasteiger partial charge in [0, 0.05) is 0 Å². The molecule has 0 rings (SSSR count). The van der Waals surface area contributed by atoms with Crippen molar-refractivity contribution < 1.29 is 9.90 Å². The molecule has 1 unspecified atom stereocenters. The van der Waals surface area contributed by atoms with E-state index in [-0.39, 0.29) is 4.68 Å². The number of aliphatic hydroxyl groups is 1. The molecule has 2 nitrogen and oxygen atoms in total. The van der Waals surface area contributed by atoms with Crippen LogP contribution in [-0.2, 0) is 4.79 Å². The molecule has 0 heterocycles. The van der Waals surface area contributed by atoms with Gasteiger partial charge in [0.15, 0.2) is 0 Å². The first-order valence-corrected chi connectivity index (χ1v) is 3.43. The Kier molecular flexibility index (Phi) is 4.15. The van der Waals surface area contributed by atoms with E-state index in [0.717, 1.165) is 6.42 Å². The average molecular weight is 180 g/mol. The average Bonchev–Trinajstić information content (AvgIpc) is 1.67. The van der Waals surface area contributed by atoms with Crippen LogP contribution in [0.1, 0.15) is 19.8 Å². The topological polar surface area (TPSA) is 37.3 Å². The quantitative estimate of drug-likeness (QED) is 0.613. The zero-order chi connectivity index (χ0) is 6.57. The monoisotopic (exact) mass is 181 g/mol. The Hall–Kier alpha value is 0.149. The Balaban J connectivity index is 3.32. The van der Waals surface area contributed by atoms with Crippen molar-refractivity contribution in [3.05, 3.63) is 0 Å². The van der Waals surface area contributed by atoms with Crippen molar-refractivity contribution in [3.63, 3.8) is 0 Å². The minimum atomic E-state index is -0.778. The fourth-order valence-electron chi connectivity index (χ4n) is 0.391. The van der Waals surface area contributed by atoms with Crippen LogP contribution < -0.4 is 0 Å². The number of carbonyl (C=O) groups excluding carboxylic acids is 1. The maximum absolute atomic E-state index is 10.2. The summed E-state index contributed by atoms with van der Waals surface area (Å²) < 4.78 is -0.258. The molecule has 0 aromatic carbocycles. The summed E-state index contributed by atoms with van der Waals surface area (Å²) in [7, 11) is 0. The third kappa shape index (κ3) is 3.19. The Morgan fingerprint density at radius 1 is 1.88 bits per heavy atom. The van der Waals surface area contributed by atoms with E-state index in [1.165, 1.54) is 0 Å². The Bertz CT molecular complexity index is 82.5. The van der Waals surface area contributed by atoms with Gasteiger partial charge < -0.3 is 0 Å². The summed E-state index contributed by atoms with van der Waals surface area (Å²) in [6.45, 7) is 1.92. The second-order valence-electron chi connectivity index (χ2n) is 1.62. The molecule has 0 saturated carbocycles. The van der Waals surface area contributed by atoms with Gasteiger partial charge in [0.05, 0.1) is 0 Å². The molecule has 0 amide bonds. The number of hydrogen-bond donors (Lipinski definition) is 1. The van der Waals surface area contributed by atoms with E-state index in [4.69, 9.17) is 5.11 Å². The maximum atomic E-state index is 10.2. The van der Waals surface area contributed by atoms with Gasteiger partial charge in [-0.25, -0.2) is 0 Å². The van der Waals surface area contributed by atoms with Crippen LogP contribution in [0.5, 0.6) is 0 Å². The number of carbonyl (C=O) groups is 1. The van der Waals surface area contributed by atoms with Crippen molar-refractivity contribution in [2.75, 3.05) is 0 Å². The van der Waals surface area contributed by atoms with Crippen LogP contribution in [0, 0.1) is 0 Å². The van der Waals surface area contributed by atoms with E-state index < -0.39 is 6.10 Å². The second kappa shape index (κ2) is 4.07. The van der Waals surface area contributed by atoms with E-state index >= 15 is 0 Å². The summed E-state index contributed by atoms with van der Waals surface area (Å²) in [5, 5.41) is 8.75. The molecule has 0 aliphatic rings. The molecule has 0 radical (unpaired) electrons. The summed E-state index contributed by atoms with van der Waals surface area (Å²) >= 11 is 2.24. The molecule has 0 aliphatic heterocycles. The van der Waals surface area contributed by atoms with Gasteiger partial charge in [-0.2, -0.15) is 0 Å². The molecule has 0 aliphatic carbocycles. The molecule has 1 atom stereocenters. The summed E-state index contributed by atoms with van der Waals surface area (Å²) in [4.78, 5) is 10.2. The van der Waals surface area contributed by atoms with Crippen LogP contribution >= 0.6 is 0 Å². The zero-order valence-electron chi connectivity index (χ0n) is 4.76. The first kappa shape index (κ1) is 8.15. The van der Waals surface area contributed by atoms with Gasteiger partial charge in [0.25, 0.3) is 0 Å². The first-order valence-electron chi connectivity index (χ1n) is 2.57. The van der Waals surface area contributed by atoms with E-state index in [9.17, 15) is 4.79 Å². The van der Waals surface area contributed by atoms with Gasteiger partial charge in [-0.05, 0) is 0 Å². The number of rotatable bonds is 3. The predicted molar refractivity (Wildman–Crippen MR) is 31.7 cm³/mol.